The van der Waals surface area contributed by atoms with Gasteiger partial charge in [0, 0.05) is 5.56 Å². The zero-order valence-corrected chi connectivity index (χ0v) is 8.03. The second-order valence-electron chi connectivity index (χ2n) is 3.35. The van der Waals surface area contributed by atoms with Gasteiger partial charge in [0.1, 0.15) is 6.29 Å². The summed E-state index contributed by atoms with van der Waals surface area (Å²) in [5, 5.41) is 0. The molecule has 0 amide bonds. The molecule has 3 nitrogen and oxygen atoms in total. The van der Waals surface area contributed by atoms with Gasteiger partial charge in [-0.15, -0.1) is 0 Å². The number of ether oxygens (including phenoxy) is 2. The zero-order valence-electron chi connectivity index (χ0n) is 8.03. The van der Waals surface area contributed by atoms with Crippen LogP contribution in [0.3, 0.4) is 0 Å². The highest BCUT2D eigenvalue weighted by Gasteiger charge is 2.24. The Balaban J connectivity index is 2.26. The van der Waals surface area contributed by atoms with Crippen LogP contribution in [-0.2, 0) is 0 Å². The Labute approximate surface area is 82.6 Å². The van der Waals surface area contributed by atoms with E-state index >= 15 is 0 Å². The van der Waals surface area contributed by atoms with E-state index in [0.717, 1.165) is 19.1 Å². The maximum Gasteiger partial charge on any atom is 0.162 e. The molecular weight excluding hydrogens is 180 g/mol. The van der Waals surface area contributed by atoms with Crippen molar-refractivity contribution in [2.24, 2.45) is 0 Å². The quantitative estimate of drug-likeness (QED) is 0.685. The lowest BCUT2D eigenvalue weighted by molar-refractivity contribution is 0.112. The highest BCUT2D eigenvalue weighted by molar-refractivity contribution is 5.76. The minimum Gasteiger partial charge on any atom is -0.493 e. The minimum absolute atomic E-state index is 0.311. The molecule has 2 rings (SSSR count). The van der Waals surface area contributed by atoms with Gasteiger partial charge in [-0.3, -0.25) is 4.79 Å². The predicted molar refractivity (Wildman–Crippen MR) is 52.0 cm³/mol. The van der Waals surface area contributed by atoms with Gasteiger partial charge in [0.25, 0.3) is 0 Å². The third-order valence-corrected chi connectivity index (χ3v) is 2.14. The van der Waals surface area contributed by atoms with Crippen molar-refractivity contribution in [1.82, 2.24) is 0 Å². The summed E-state index contributed by atoms with van der Waals surface area (Å²) in [6.07, 6.45) is 3.30. The number of methoxy groups -OCH3 is 1. The van der Waals surface area contributed by atoms with Crippen LogP contribution in [0.4, 0.5) is 0 Å². The average molecular weight is 192 g/mol. The van der Waals surface area contributed by atoms with E-state index in [1.807, 2.05) is 0 Å². The molecule has 0 unspecified atom stereocenters. The number of rotatable bonds is 4. The van der Waals surface area contributed by atoms with Crippen molar-refractivity contribution < 1.29 is 14.3 Å². The van der Waals surface area contributed by atoms with E-state index in [0.29, 0.717) is 23.2 Å². The topological polar surface area (TPSA) is 35.5 Å². The minimum atomic E-state index is 0.311. The number of aldehydes is 1. The standard InChI is InChI=1S/C11H12O3/c1-13-10-5-2-8(7-12)6-11(10)14-9-3-4-9/h2,5-7,9H,3-4H2,1H3. The number of hydrogen-bond acceptors (Lipinski definition) is 3. The molecule has 0 aromatic heterocycles. The summed E-state index contributed by atoms with van der Waals surface area (Å²) < 4.78 is 10.7. The van der Waals surface area contributed by atoms with Gasteiger partial charge in [0.15, 0.2) is 11.5 Å². The highest BCUT2D eigenvalue weighted by atomic mass is 16.5. The van der Waals surface area contributed by atoms with Crippen molar-refractivity contribution in [3.05, 3.63) is 23.8 Å². The van der Waals surface area contributed by atoms with Gasteiger partial charge in [0.05, 0.1) is 13.2 Å². The van der Waals surface area contributed by atoms with Gasteiger partial charge in [0.2, 0.25) is 0 Å². The summed E-state index contributed by atoms with van der Waals surface area (Å²) in [6.45, 7) is 0. The maximum absolute atomic E-state index is 10.6. The first-order valence-electron chi connectivity index (χ1n) is 4.63. The number of carbonyl (C=O) groups is 1. The SMILES string of the molecule is COc1ccc(C=O)cc1OC1CC1. The summed E-state index contributed by atoms with van der Waals surface area (Å²) in [5.41, 5.74) is 0.612. The van der Waals surface area contributed by atoms with E-state index in [9.17, 15) is 4.79 Å². The molecule has 14 heavy (non-hydrogen) atoms. The van der Waals surface area contributed by atoms with Crippen molar-refractivity contribution >= 4 is 6.29 Å². The van der Waals surface area contributed by atoms with Crippen molar-refractivity contribution in [2.75, 3.05) is 7.11 Å². The Morgan fingerprint density at radius 2 is 2.14 bits per heavy atom. The summed E-state index contributed by atoms with van der Waals surface area (Å²) in [4.78, 5) is 10.6. The average Bonchev–Trinajstić information content (AvgIpc) is 3.01. The second kappa shape index (κ2) is 3.70. The molecule has 0 saturated heterocycles. The van der Waals surface area contributed by atoms with E-state index in [2.05, 4.69) is 0 Å². The molecule has 0 spiro atoms. The molecule has 0 heterocycles. The van der Waals surface area contributed by atoms with E-state index in [4.69, 9.17) is 9.47 Å². The van der Waals surface area contributed by atoms with Crippen LogP contribution in [0.5, 0.6) is 11.5 Å². The third-order valence-electron chi connectivity index (χ3n) is 2.14. The zero-order chi connectivity index (χ0) is 9.97. The fraction of sp³-hybridized carbons (Fsp3) is 0.364. The molecular formula is C11H12O3. The monoisotopic (exact) mass is 192 g/mol. The molecule has 0 N–H and O–H groups in total. The van der Waals surface area contributed by atoms with Gasteiger partial charge in [-0.2, -0.15) is 0 Å². The Morgan fingerprint density at radius 1 is 1.36 bits per heavy atom. The summed E-state index contributed by atoms with van der Waals surface area (Å²) in [7, 11) is 1.59. The molecule has 74 valence electrons. The number of carbonyl (C=O) groups excluding carboxylic acids is 1. The number of hydrogen-bond donors (Lipinski definition) is 0. The largest absolute Gasteiger partial charge is 0.493 e. The first-order chi connectivity index (χ1) is 6.83. The molecule has 0 atom stereocenters. The molecule has 0 aliphatic heterocycles. The van der Waals surface area contributed by atoms with E-state index < -0.39 is 0 Å². The molecule has 1 saturated carbocycles. The Kier molecular flexibility index (Phi) is 2.39. The Hall–Kier alpha value is -1.51. The van der Waals surface area contributed by atoms with Gasteiger partial charge < -0.3 is 9.47 Å². The lowest BCUT2D eigenvalue weighted by atomic mass is 10.2. The van der Waals surface area contributed by atoms with Gasteiger partial charge in [-0.05, 0) is 31.0 Å². The van der Waals surface area contributed by atoms with Crippen LogP contribution in [0.15, 0.2) is 18.2 Å². The van der Waals surface area contributed by atoms with Crippen molar-refractivity contribution in [2.45, 2.75) is 18.9 Å². The molecule has 1 aliphatic rings. The van der Waals surface area contributed by atoms with E-state index in [1.54, 1.807) is 25.3 Å². The fourth-order valence-electron chi connectivity index (χ4n) is 1.22. The molecule has 1 aromatic rings. The Bertz CT molecular complexity index is 342. The predicted octanol–water partition coefficient (Wildman–Crippen LogP) is 2.05. The van der Waals surface area contributed by atoms with Gasteiger partial charge >= 0.3 is 0 Å². The Morgan fingerprint density at radius 3 is 2.71 bits per heavy atom. The smallest absolute Gasteiger partial charge is 0.162 e. The molecule has 1 aromatic carbocycles. The van der Waals surface area contributed by atoms with Gasteiger partial charge in [-0.1, -0.05) is 0 Å². The van der Waals surface area contributed by atoms with Crippen molar-refractivity contribution in [1.29, 1.82) is 0 Å². The molecule has 0 radical (unpaired) electrons. The first kappa shape index (κ1) is 9.06. The van der Waals surface area contributed by atoms with Crippen LogP contribution in [0.2, 0.25) is 0 Å². The first-order valence-corrected chi connectivity index (χ1v) is 4.63. The summed E-state index contributed by atoms with van der Waals surface area (Å²) in [5.74, 6) is 1.35. The number of benzene rings is 1. The fourth-order valence-corrected chi connectivity index (χ4v) is 1.22. The lowest BCUT2D eigenvalue weighted by Crippen LogP contribution is -1.99. The van der Waals surface area contributed by atoms with Crippen molar-refractivity contribution in [3.8, 4) is 11.5 Å². The lowest BCUT2D eigenvalue weighted by Gasteiger charge is -2.09. The summed E-state index contributed by atoms with van der Waals surface area (Å²) in [6, 6.07) is 5.18. The van der Waals surface area contributed by atoms with E-state index in [-0.39, 0.29) is 0 Å². The molecule has 1 fully saturated rings. The van der Waals surface area contributed by atoms with Gasteiger partial charge in [-0.25, -0.2) is 0 Å². The van der Waals surface area contributed by atoms with Crippen LogP contribution >= 0.6 is 0 Å². The molecule has 1 aliphatic carbocycles. The van der Waals surface area contributed by atoms with Crippen LogP contribution in [0, 0.1) is 0 Å². The third kappa shape index (κ3) is 1.87. The second-order valence-corrected chi connectivity index (χ2v) is 3.35. The maximum atomic E-state index is 10.6. The van der Waals surface area contributed by atoms with Crippen LogP contribution in [0.1, 0.15) is 23.2 Å². The van der Waals surface area contributed by atoms with Crippen LogP contribution in [-0.4, -0.2) is 19.5 Å². The highest BCUT2D eigenvalue weighted by Crippen LogP contribution is 2.33. The van der Waals surface area contributed by atoms with Crippen molar-refractivity contribution in [3.63, 3.8) is 0 Å². The van der Waals surface area contributed by atoms with Crippen LogP contribution in [0.25, 0.3) is 0 Å². The normalized spacial score (nSPS) is 14.9. The molecule has 3 heteroatoms. The van der Waals surface area contributed by atoms with Crippen LogP contribution < -0.4 is 9.47 Å². The summed E-state index contributed by atoms with van der Waals surface area (Å²) >= 11 is 0. The molecule has 0 bridgehead atoms. The van der Waals surface area contributed by atoms with E-state index in [1.165, 1.54) is 0 Å².